The second kappa shape index (κ2) is 6.58. The molecule has 0 radical (unpaired) electrons. The van der Waals surface area contributed by atoms with Crippen molar-refractivity contribution in [2.75, 3.05) is 4.72 Å². The lowest BCUT2D eigenvalue weighted by Crippen LogP contribution is -2.14. The quantitative estimate of drug-likeness (QED) is 0.910. The summed E-state index contributed by atoms with van der Waals surface area (Å²) in [5.74, 6) is 0.718. The molecule has 0 spiro atoms. The van der Waals surface area contributed by atoms with Gasteiger partial charge in [-0.05, 0) is 69.0 Å². The highest BCUT2D eigenvalue weighted by Crippen LogP contribution is 2.25. The number of anilines is 1. The van der Waals surface area contributed by atoms with E-state index in [1.807, 2.05) is 6.92 Å². The molecule has 2 aromatic rings. The van der Waals surface area contributed by atoms with Gasteiger partial charge in [0, 0.05) is 11.9 Å². The summed E-state index contributed by atoms with van der Waals surface area (Å²) in [7, 11) is -3.61. The zero-order valence-electron chi connectivity index (χ0n) is 13.0. The average Bonchev–Trinajstić information content (AvgIpc) is 3.00. The van der Waals surface area contributed by atoms with Gasteiger partial charge in [-0.25, -0.2) is 8.42 Å². The van der Waals surface area contributed by atoms with Crippen LogP contribution in [-0.4, -0.2) is 19.5 Å². The second-order valence-corrected chi connectivity index (χ2v) is 7.47. The number of rotatable bonds is 5. The van der Waals surface area contributed by atoms with Crippen LogP contribution >= 0.6 is 0 Å². The molecule has 1 aliphatic carbocycles. The monoisotopic (exact) mass is 332 g/mol. The Labute approximate surface area is 136 Å². The molecule has 6 heteroatoms. The van der Waals surface area contributed by atoms with Gasteiger partial charge in [0.05, 0.1) is 16.7 Å². The molecule has 0 saturated heterocycles. The van der Waals surface area contributed by atoms with Gasteiger partial charge in [0.25, 0.3) is 10.0 Å². The van der Waals surface area contributed by atoms with E-state index in [0.717, 1.165) is 24.3 Å². The fourth-order valence-corrected chi connectivity index (χ4v) is 3.77. The summed E-state index contributed by atoms with van der Waals surface area (Å²) in [5.41, 5.74) is 1.26. The Bertz CT molecular complexity index is 767. The Kier molecular flexibility index (Phi) is 4.52. The third-order valence-corrected chi connectivity index (χ3v) is 5.29. The summed E-state index contributed by atoms with van der Waals surface area (Å²) in [6.07, 6.45) is 6.38. The Morgan fingerprint density at radius 1 is 1.13 bits per heavy atom. The highest BCUT2D eigenvalue weighted by molar-refractivity contribution is 7.92. The number of hydrogen-bond donors (Lipinski definition) is 1. The van der Waals surface area contributed by atoms with E-state index in [4.69, 9.17) is 4.74 Å². The Morgan fingerprint density at radius 3 is 2.48 bits per heavy atom. The lowest BCUT2D eigenvalue weighted by molar-refractivity contribution is 0.210. The van der Waals surface area contributed by atoms with E-state index < -0.39 is 10.0 Å². The van der Waals surface area contributed by atoms with Crippen molar-refractivity contribution in [1.29, 1.82) is 0 Å². The van der Waals surface area contributed by atoms with Crippen molar-refractivity contribution in [2.24, 2.45) is 0 Å². The van der Waals surface area contributed by atoms with Crippen LogP contribution in [0.5, 0.6) is 5.75 Å². The number of hydrogen-bond acceptors (Lipinski definition) is 4. The first-order valence-corrected chi connectivity index (χ1v) is 9.23. The molecule has 0 atom stereocenters. The summed E-state index contributed by atoms with van der Waals surface area (Å²) >= 11 is 0. The highest BCUT2D eigenvalue weighted by Gasteiger charge is 2.18. The van der Waals surface area contributed by atoms with E-state index in [9.17, 15) is 8.42 Å². The maximum Gasteiger partial charge on any atom is 0.261 e. The first-order valence-electron chi connectivity index (χ1n) is 7.75. The van der Waals surface area contributed by atoms with Crippen molar-refractivity contribution in [2.45, 2.75) is 43.6 Å². The smallest absolute Gasteiger partial charge is 0.261 e. The topological polar surface area (TPSA) is 68.3 Å². The molecule has 5 nitrogen and oxygen atoms in total. The van der Waals surface area contributed by atoms with Gasteiger partial charge in [-0.1, -0.05) is 0 Å². The molecule has 1 fully saturated rings. The number of sulfonamides is 1. The number of benzene rings is 1. The largest absolute Gasteiger partial charge is 0.490 e. The van der Waals surface area contributed by atoms with Crippen LogP contribution in [0.4, 0.5) is 5.69 Å². The predicted octanol–water partition coefficient (Wildman–Crippen LogP) is 3.51. The number of ether oxygens (including phenoxy) is 1. The molecule has 1 saturated carbocycles. The normalized spacial score (nSPS) is 15.5. The van der Waals surface area contributed by atoms with Crippen LogP contribution in [0.1, 0.15) is 31.4 Å². The molecule has 23 heavy (non-hydrogen) atoms. The maximum absolute atomic E-state index is 12.4. The van der Waals surface area contributed by atoms with E-state index in [2.05, 4.69) is 9.71 Å². The minimum Gasteiger partial charge on any atom is -0.490 e. The number of aromatic nitrogens is 1. The maximum atomic E-state index is 12.4. The number of pyridine rings is 1. The van der Waals surface area contributed by atoms with Gasteiger partial charge in [-0.3, -0.25) is 9.71 Å². The third-order valence-electron chi connectivity index (χ3n) is 3.89. The standard InChI is InChI=1S/C17H20N2O3S/c1-13-12-14(10-11-18-13)19-23(20,21)17-8-6-16(7-9-17)22-15-4-2-3-5-15/h6-12,15H,2-5H2,1H3,(H,18,19). The minimum absolute atomic E-state index is 0.214. The van der Waals surface area contributed by atoms with Crippen LogP contribution in [0.25, 0.3) is 0 Å². The first-order chi connectivity index (χ1) is 11.0. The zero-order chi connectivity index (χ0) is 16.3. The summed E-state index contributed by atoms with van der Waals surface area (Å²) in [6.45, 7) is 1.81. The second-order valence-electron chi connectivity index (χ2n) is 5.79. The summed E-state index contributed by atoms with van der Waals surface area (Å²) in [5, 5.41) is 0. The molecule has 0 bridgehead atoms. The van der Waals surface area contributed by atoms with E-state index in [1.165, 1.54) is 12.8 Å². The van der Waals surface area contributed by atoms with Crippen molar-refractivity contribution in [3.8, 4) is 5.75 Å². The van der Waals surface area contributed by atoms with Gasteiger partial charge in [0.15, 0.2) is 0 Å². The van der Waals surface area contributed by atoms with Gasteiger partial charge < -0.3 is 4.74 Å². The van der Waals surface area contributed by atoms with Crippen LogP contribution in [0.2, 0.25) is 0 Å². The number of nitrogens with zero attached hydrogens (tertiary/aromatic N) is 1. The van der Waals surface area contributed by atoms with Crippen LogP contribution in [0.3, 0.4) is 0 Å². The lowest BCUT2D eigenvalue weighted by Gasteiger charge is -2.13. The lowest BCUT2D eigenvalue weighted by atomic mass is 10.3. The summed E-state index contributed by atoms with van der Waals surface area (Å²) in [4.78, 5) is 4.27. The van der Waals surface area contributed by atoms with Crippen molar-refractivity contribution >= 4 is 15.7 Å². The number of aryl methyl sites for hydroxylation is 1. The Morgan fingerprint density at radius 2 is 1.83 bits per heavy atom. The zero-order valence-corrected chi connectivity index (χ0v) is 13.8. The van der Waals surface area contributed by atoms with Crippen LogP contribution in [-0.2, 0) is 10.0 Å². The molecule has 1 aliphatic rings. The summed E-state index contributed by atoms with van der Waals surface area (Å²) < 4.78 is 33.2. The minimum atomic E-state index is -3.61. The predicted molar refractivity (Wildman–Crippen MR) is 89.1 cm³/mol. The molecule has 1 aromatic heterocycles. The van der Waals surface area contributed by atoms with Gasteiger partial charge >= 0.3 is 0 Å². The van der Waals surface area contributed by atoms with Gasteiger partial charge in [-0.2, -0.15) is 0 Å². The van der Waals surface area contributed by atoms with Crippen LogP contribution in [0, 0.1) is 6.92 Å². The van der Waals surface area contributed by atoms with E-state index in [-0.39, 0.29) is 11.0 Å². The van der Waals surface area contributed by atoms with Crippen molar-refractivity contribution < 1.29 is 13.2 Å². The highest BCUT2D eigenvalue weighted by atomic mass is 32.2. The molecular formula is C17H20N2O3S. The van der Waals surface area contributed by atoms with Gasteiger partial charge in [0.1, 0.15) is 5.75 Å². The van der Waals surface area contributed by atoms with Crippen LogP contribution in [0.15, 0.2) is 47.5 Å². The van der Waals surface area contributed by atoms with E-state index >= 15 is 0 Å². The SMILES string of the molecule is Cc1cc(NS(=O)(=O)c2ccc(OC3CCCC3)cc2)ccn1. The van der Waals surface area contributed by atoms with E-state index in [0.29, 0.717) is 5.69 Å². The first kappa shape index (κ1) is 15.8. The van der Waals surface area contributed by atoms with Crippen LogP contribution < -0.4 is 9.46 Å². The molecular weight excluding hydrogens is 312 g/mol. The van der Waals surface area contributed by atoms with Crippen molar-refractivity contribution in [3.63, 3.8) is 0 Å². The molecule has 122 valence electrons. The third kappa shape index (κ3) is 4.01. The Balaban J connectivity index is 1.72. The molecule has 1 aromatic carbocycles. The van der Waals surface area contributed by atoms with Gasteiger partial charge in [0.2, 0.25) is 0 Å². The summed E-state index contributed by atoms with van der Waals surface area (Å²) in [6, 6.07) is 9.88. The Hall–Kier alpha value is -2.08. The molecule has 0 amide bonds. The van der Waals surface area contributed by atoms with E-state index in [1.54, 1.807) is 42.6 Å². The number of nitrogens with one attached hydrogen (secondary N) is 1. The fourth-order valence-electron chi connectivity index (χ4n) is 2.72. The molecule has 0 unspecified atom stereocenters. The molecule has 3 rings (SSSR count). The molecule has 1 N–H and O–H groups in total. The molecule has 0 aliphatic heterocycles. The van der Waals surface area contributed by atoms with Crippen molar-refractivity contribution in [3.05, 3.63) is 48.3 Å². The molecule has 1 heterocycles. The van der Waals surface area contributed by atoms with Crippen molar-refractivity contribution in [1.82, 2.24) is 4.98 Å². The van der Waals surface area contributed by atoms with Gasteiger partial charge in [-0.15, -0.1) is 0 Å². The average molecular weight is 332 g/mol. The fraction of sp³-hybridized carbons (Fsp3) is 0.353.